The molecule has 206 valence electrons. The summed E-state index contributed by atoms with van der Waals surface area (Å²) in [5, 5.41) is 7.60. The van der Waals surface area contributed by atoms with Gasteiger partial charge in [-0.15, -0.1) is 0 Å². The highest BCUT2D eigenvalue weighted by Gasteiger charge is 2.35. The number of piperazine rings is 1. The molecule has 0 aliphatic carbocycles. The second-order valence-corrected chi connectivity index (χ2v) is 8.62. The van der Waals surface area contributed by atoms with Crippen molar-refractivity contribution in [3.8, 4) is 5.75 Å². The summed E-state index contributed by atoms with van der Waals surface area (Å²) in [7, 11) is 0. The van der Waals surface area contributed by atoms with Crippen molar-refractivity contribution in [1.82, 2.24) is 4.90 Å². The van der Waals surface area contributed by atoms with Gasteiger partial charge in [-0.2, -0.15) is 13.2 Å². The van der Waals surface area contributed by atoms with E-state index in [0.717, 1.165) is 23.9 Å². The highest BCUT2D eigenvalue weighted by Crippen LogP contribution is 2.36. The number of nitrogens with zero attached hydrogens (tertiary/aromatic N) is 2. The van der Waals surface area contributed by atoms with Crippen molar-refractivity contribution in [2.45, 2.75) is 13.1 Å². The number of carbonyl (C=O) groups excluding carboxylic acids is 2. The standard InChI is InChI=1S/C27H27F4N5O3/c1-2-39-23-9-4-3-8-22(23)33-25(37)32-18-10-12-19(13-11-18)35-14-16-36(17-15-35)26(38)34-24-20(27(29,30)31)6-5-7-21(24)28/h3-13H,2,14-17H2,1H3,(H,34,38)(H2,32,33,37). The molecular formula is C27H27F4N5O3. The number of hydrogen-bond donors (Lipinski definition) is 3. The summed E-state index contributed by atoms with van der Waals surface area (Å²) in [6, 6.07) is 15.5. The fraction of sp³-hybridized carbons (Fsp3) is 0.259. The molecule has 39 heavy (non-hydrogen) atoms. The van der Waals surface area contributed by atoms with Crippen molar-refractivity contribution < 1.29 is 31.9 Å². The Bertz CT molecular complexity index is 1310. The van der Waals surface area contributed by atoms with Gasteiger partial charge >= 0.3 is 18.2 Å². The maximum Gasteiger partial charge on any atom is 0.418 e. The van der Waals surface area contributed by atoms with Gasteiger partial charge in [0.15, 0.2) is 0 Å². The minimum Gasteiger partial charge on any atom is -0.492 e. The van der Waals surface area contributed by atoms with Crippen LogP contribution in [0.3, 0.4) is 0 Å². The Morgan fingerprint density at radius 3 is 2.23 bits per heavy atom. The van der Waals surface area contributed by atoms with Gasteiger partial charge in [0, 0.05) is 37.6 Å². The van der Waals surface area contributed by atoms with E-state index < -0.39 is 35.3 Å². The molecule has 4 rings (SSSR count). The van der Waals surface area contributed by atoms with Gasteiger partial charge in [-0.25, -0.2) is 14.0 Å². The van der Waals surface area contributed by atoms with Crippen LogP contribution in [0.15, 0.2) is 66.7 Å². The first-order chi connectivity index (χ1) is 18.7. The van der Waals surface area contributed by atoms with Crippen LogP contribution in [0.5, 0.6) is 5.75 Å². The Labute approximate surface area is 222 Å². The van der Waals surface area contributed by atoms with E-state index >= 15 is 0 Å². The van der Waals surface area contributed by atoms with E-state index in [1.54, 1.807) is 30.3 Å². The predicted octanol–water partition coefficient (Wildman–Crippen LogP) is 6.24. The van der Waals surface area contributed by atoms with Gasteiger partial charge in [-0.1, -0.05) is 18.2 Å². The molecule has 8 nitrogen and oxygen atoms in total. The smallest absolute Gasteiger partial charge is 0.418 e. The maximum atomic E-state index is 14.1. The van der Waals surface area contributed by atoms with Gasteiger partial charge in [0.25, 0.3) is 0 Å². The first kappa shape index (κ1) is 27.6. The van der Waals surface area contributed by atoms with Gasteiger partial charge in [-0.3, -0.25) is 0 Å². The summed E-state index contributed by atoms with van der Waals surface area (Å²) in [5.41, 5.74) is -0.175. The molecule has 0 spiro atoms. The summed E-state index contributed by atoms with van der Waals surface area (Å²) < 4.78 is 59.3. The first-order valence-corrected chi connectivity index (χ1v) is 12.2. The predicted molar refractivity (Wildman–Crippen MR) is 141 cm³/mol. The van der Waals surface area contributed by atoms with Gasteiger partial charge in [-0.05, 0) is 55.5 Å². The highest BCUT2D eigenvalue weighted by molar-refractivity contribution is 6.00. The topological polar surface area (TPSA) is 85.9 Å². The van der Waals surface area contributed by atoms with Gasteiger partial charge < -0.3 is 30.5 Å². The number of para-hydroxylation sites is 3. The number of urea groups is 2. The Hall–Kier alpha value is -4.48. The van der Waals surface area contributed by atoms with Crippen molar-refractivity contribution in [3.63, 3.8) is 0 Å². The molecule has 3 aromatic carbocycles. The van der Waals surface area contributed by atoms with Crippen LogP contribution in [-0.2, 0) is 6.18 Å². The van der Waals surface area contributed by atoms with Crippen molar-refractivity contribution in [3.05, 3.63) is 78.1 Å². The third-order valence-electron chi connectivity index (χ3n) is 6.04. The molecule has 1 heterocycles. The number of nitrogens with one attached hydrogen (secondary N) is 3. The fourth-order valence-corrected chi connectivity index (χ4v) is 4.13. The summed E-state index contributed by atoms with van der Waals surface area (Å²) in [6.45, 7) is 3.60. The van der Waals surface area contributed by atoms with Gasteiger partial charge in [0.05, 0.1) is 23.5 Å². The average molecular weight is 546 g/mol. The number of carbonyl (C=O) groups is 2. The molecular weight excluding hydrogens is 518 g/mol. The van der Waals surface area contributed by atoms with E-state index in [4.69, 9.17) is 4.74 Å². The largest absolute Gasteiger partial charge is 0.492 e. The monoisotopic (exact) mass is 545 g/mol. The summed E-state index contributed by atoms with van der Waals surface area (Å²) in [6.07, 6.45) is -4.81. The summed E-state index contributed by atoms with van der Waals surface area (Å²) in [4.78, 5) is 28.4. The molecule has 1 fully saturated rings. The van der Waals surface area contributed by atoms with Crippen LogP contribution in [0.1, 0.15) is 12.5 Å². The first-order valence-electron chi connectivity index (χ1n) is 12.2. The second-order valence-electron chi connectivity index (χ2n) is 8.62. The van der Waals surface area contributed by atoms with Crippen LogP contribution >= 0.6 is 0 Å². The van der Waals surface area contributed by atoms with Gasteiger partial charge in [0.1, 0.15) is 11.6 Å². The van der Waals surface area contributed by atoms with Crippen molar-refractivity contribution in [1.29, 1.82) is 0 Å². The fourth-order valence-electron chi connectivity index (χ4n) is 4.13. The maximum absolute atomic E-state index is 14.1. The molecule has 0 unspecified atom stereocenters. The third-order valence-corrected chi connectivity index (χ3v) is 6.04. The van der Waals surface area contributed by atoms with E-state index in [2.05, 4.69) is 16.0 Å². The molecule has 0 saturated carbocycles. The summed E-state index contributed by atoms with van der Waals surface area (Å²) >= 11 is 0. The molecule has 1 aliphatic heterocycles. The minimum atomic E-state index is -4.81. The molecule has 4 amide bonds. The van der Waals surface area contributed by atoms with Crippen molar-refractivity contribution in [2.24, 2.45) is 0 Å². The van der Waals surface area contributed by atoms with Crippen LogP contribution in [0, 0.1) is 5.82 Å². The molecule has 12 heteroatoms. The van der Waals surface area contributed by atoms with E-state index in [9.17, 15) is 27.2 Å². The Morgan fingerprint density at radius 1 is 0.872 bits per heavy atom. The number of halogens is 4. The van der Waals surface area contributed by atoms with E-state index in [1.807, 2.05) is 30.0 Å². The Morgan fingerprint density at radius 2 is 1.56 bits per heavy atom. The zero-order valence-corrected chi connectivity index (χ0v) is 21.0. The number of benzene rings is 3. The van der Waals surface area contributed by atoms with Crippen LogP contribution in [0.25, 0.3) is 0 Å². The highest BCUT2D eigenvalue weighted by atomic mass is 19.4. The zero-order chi connectivity index (χ0) is 28.0. The summed E-state index contributed by atoms with van der Waals surface area (Å²) in [5.74, 6) is -0.592. The molecule has 0 bridgehead atoms. The normalized spacial score (nSPS) is 13.6. The van der Waals surface area contributed by atoms with Crippen LogP contribution in [0.2, 0.25) is 0 Å². The molecule has 0 radical (unpaired) electrons. The number of alkyl halides is 3. The minimum absolute atomic E-state index is 0.225. The number of amides is 4. The SMILES string of the molecule is CCOc1ccccc1NC(=O)Nc1ccc(N2CCN(C(=O)Nc3c(F)cccc3C(F)(F)F)CC2)cc1. The number of ether oxygens (including phenoxy) is 1. The second kappa shape index (κ2) is 11.9. The average Bonchev–Trinajstić information content (AvgIpc) is 2.91. The molecule has 3 N–H and O–H groups in total. The van der Waals surface area contributed by atoms with Gasteiger partial charge in [0.2, 0.25) is 0 Å². The molecule has 3 aromatic rings. The number of anilines is 4. The lowest BCUT2D eigenvalue weighted by atomic mass is 10.1. The van der Waals surface area contributed by atoms with E-state index in [0.29, 0.717) is 36.8 Å². The van der Waals surface area contributed by atoms with Crippen LogP contribution in [0.4, 0.5) is 49.9 Å². The van der Waals surface area contributed by atoms with Crippen molar-refractivity contribution >= 4 is 34.8 Å². The number of rotatable bonds is 6. The molecule has 1 aliphatic rings. The molecule has 1 saturated heterocycles. The molecule has 0 atom stereocenters. The lowest BCUT2D eigenvalue weighted by molar-refractivity contribution is -0.137. The number of hydrogen-bond acceptors (Lipinski definition) is 4. The van der Waals surface area contributed by atoms with E-state index in [-0.39, 0.29) is 13.1 Å². The Kier molecular flexibility index (Phi) is 8.43. The van der Waals surface area contributed by atoms with Crippen LogP contribution < -0.4 is 25.6 Å². The lowest BCUT2D eigenvalue weighted by Gasteiger charge is -2.36. The molecule has 0 aromatic heterocycles. The quantitative estimate of drug-likeness (QED) is 0.320. The zero-order valence-electron chi connectivity index (χ0n) is 21.0. The van der Waals surface area contributed by atoms with E-state index in [1.165, 1.54) is 4.90 Å². The third kappa shape index (κ3) is 6.89. The van der Waals surface area contributed by atoms with Crippen LogP contribution in [-0.4, -0.2) is 49.7 Å². The Balaban J connectivity index is 1.30. The lowest BCUT2D eigenvalue weighted by Crippen LogP contribution is -2.50. The van der Waals surface area contributed by atoms with Crippen molar-refractivity contribution in [2.75, 3.05) is 53.6 Å².